The summed E-state index contributed by atoms with van der Waals surface area (Å²) in [6.07, 6.45) is -0.807. The zero-order valence-electron chi connectivity index (χ0n) is 13.0. The average molecular weight is 335 g/mol. The summed E-state index contributed by atoms with van der Waals surface area (Å²) in [5.74, 6) is 0.365. The lowest BCUT2D eigenvalue weighted by Gasteiger charge is -2.13. The molecule has 0 aliphatic rings. The van der Waals surface area contributed by atoms with Crippen molar-refractivity contribution in [3.05, 3.63) is 58.4 Å². The average Bonchev–Trinajstić information content (AvgIpc) is 2.51. The first kappa shape index (κ1) is 17.2. The Morgan fingerprint density at radius 2 is 1.87 bits per heavy atom. The Morgan fingerprint density at radius 1 is 1.26 bits per heavy atom. The van der Waals surface area contributed by atoms with E-state index < -0.39 is 6.10 Å². The number of aromatic nitrogens is 1. The van der Waals surface area contributed by atoms with Crippen molar-refractivity contribution in [2.45, 2.75) is 20.0 Å². The second-order valence-electron chi connectivity index (χ2n) is 5.27. The molecular weight excluding hydrogens is 316 g/mol. The molecule has 2 N–H and O–H groups in total. The van der Waals surface area contributed by atoms with Crippen LogP contribution in [0.3, 0.4) is 0 Å². The maximum atomic E-state index is 12.1. The van der Waals surface area contributed by atoms with Gasteiger partial charge < -0.3 is 15.2 Å². The summed E-state index contributed by atoms with van der Waals surface area (Å²) >= 11 is 5.78. The van der Waals surface area contributed by atoms with E-state index in [4.69, 9.17) is 16.3 Å². The summed E-state index contributed by atoms with van der Waals surface area (Å²) in [6, 6.07) is 10.3. The van der Waals surface area contributed by atoms with Gasteiger partial charge in [0.05, 0.1) is 0 Å². The van der Waals surface area contributed by atoms with Crippen LogP contribution in [0.15, 0.2) is 36.4 Å². The Kier molecular flexibility index (Phi) is 5.96. The molecule has 5 nitrogen and oxygen atoms in total. The van der Waals surface area contributed by atoms with E-state index in [1.165, 1.54) is 0 Å². The van der Waals surface area contributed by atoms with Crippen LogP contribution >= 0.6 is 11.6 Å². The van der Waals surface area contributed by atoms with Gasteiger partial charge in [-0.05, 0) is 50.2 Å². The molecule has 0 saturated carbocycles. The maximum Gasteiger partial charge on any atom is 0.251 e. The number of aliphatic hydroxyl groups is 1. The lowest BCUT2D eigenvalue weighted by Crippen LogP contribution is -2.35. The van der Waals surface area contributed by atoms with Crippen LogP contribution in [0, 0.1) is 13.8 Å². The van der Waals surface area contributed by atoms with Crippen LogP contribution in [-0.2, 0) is 0 Å². The summed E-state index contributed by atoms with van der Waals surface area (Å²) in [5.41, 5.74) is 2.09. The minimum absolute atomic E-state index is 0.0797. The van der Waals surface area contributed by atoms with Gasteiger partial charge in [0.15, 0.2) is 0 Å². The van der Waals surface area contributed by atoms with Gasteiger partial charge in [-0.15, -0.1) is 0 Å². The van der Waals surface area contributed by atoms with Crippen LogP contribution in [0.1, 0.15) is 21.7 Å². The highest BCUT2D eigenvalue weighted by molar-refractivity contribution is 6.30. The molecule has 1 atom stereocenters. The van der Waals surface area contributed by atoms with Gasteiger partial charge in [-0.3, -0.25) is 9.78 Å². The van der Waals surface area contributed by atoms with Gasteiger partial charge in [0.25, 0.3) is 5.91 Å². The molecule has 6 heteroatoms. The van der Waals surface area contributed by atoms with E-state index in [0.717, 1.165) is 11.4 Å². The number of pyridine rings is 1. The molecule has 1 heterocycles. The number of ether oxygens (including phenoxy) is 1. The number of aliphatic hydroxyl groups excluding tert-OH is 1. The van der Waals surface area contributed by atoms with E-state index in [0.29, 0.717) is 16.3 Å². The van der Waals surface area contributed by atoms with Crippen molar-refractivity contribution in [2.24, 2.45) is 0 Å². The molecule has 0 unspecified atom stereocenters. The number of nitrogens with one attached hydrogen (secondary N) is 1. The maximum absolute atomic E-state index is 12.1. The van der Waals surface area contributed by atoms with Gasteiger partial charge in [0.1, 0.15) is 18.5 Å². The number of carbonyl (C=O) groups excluding carboxylic acids is 1. The Bertz CT molecular complexity index is 654. The van der Waals surface area contributed by atoms with Gasteiger partial charge >= 0.3 is 0 Å². The summed E-state index contributed by atoms with van der Waals surface area (Å²) in [4.78, 5) is 16.3. The SMILES string of the molecule is Cc1cc(C(=O)NC[C@@H](O)COc2ccc(Cl)cc2)cc(C)n1. The molecule has 0 bridgehead atoms. The number of amides is 1. The Hall–Kier alpha value is -2.11. The first-order valence-electron chi connectivity index (χ1n) is 7.24. The number of carbonyl (C=O) groups is 1. The first-order valence-corrected chi connectivity index (χ1v) is 7.62. The third-order valence-electron chi connectivity index (χ3n) is 3.10. The topological polar surface area (TPSA) is 71.5 Å². The normalized spacial score (nSPS) is 11.8. The molecule has 2 rings (SSSR count). The van der Waals surface area contributed by atoms with E-state index in [1.807, 2.05) is 13.8 Å². The lowest BCUT2D eigenvalue weighted by atomic mass is 10.2. The molecule has 0 spiro atoms. The van der Waals surface area contributed by atoms with Crippen LogP contribution in [0.4, 0.5) is 0 Å². The number of halogens is 1. The molecule has 0 aliphatic carbocycles. The van der Waals surface area contributed by atoms with Gasteiger partial charge in [-0.1, -0.05) is 11.6 Å². The number of rotatable bonds is 6. The highest BCUT2D eigenvalue weighted by Gasteiger charge is 2.11. The van der Waals surface area contributed by atoms with Gasteiger partial charge in [-0.25, -0.2) is 0 Å². The van der Waals surface area contributed by atoms with E-state index in [-0.39, 0.29) is 19.1 Å². The zero-order chi connectivity index (χ0) is 16.8. The summed E-state index contributed by atoms with van der Waals surface area (Å²) in [6.45, 7) is 3.85. The van der Waals surface area contributed by atoms with Crippen LogP contribution in [0.25, 0.3) is 0 Å². The number of benzene rings is 1. The minimum atomic E-state index is -0.807. The highest BCUT2D eigenvalue weighted by atomic mass is 35.5. The molecule has 1 amide bonds. The molecule has 1 aromatic heterocycles. The fraction of sp³-hybridized carbons (Fsp3) is 0.294. The van der Waals surface area contributed by atoms with Crippen molar-refractivity contribution < 1.29 is 14.6 Å². The Morgan fingerprint density at radius 3 is 2.48 bits per heavy atom. The smallest absolute Gasteiger partial charge is 0.251 e. The van der Waals surface area contributed by atoms with Crippen molar-refractivity contribution in [1.82, 2.24) is 10.3 Å². The minimum Gasteiger partial charge on any atom is -0.491 e. The van der Waals surface area contributed by atoms with Gasteiger partial charge in [0, 0.05) is 28.5 Å². The second kappa shape index (κ2) is 7.94. The lowest BCUT2D eigenvalue weighted by molar-refractivity contribution is 0.0843. The molecule has 23 heavy (non-hydrogen) atoms. The van der Waals surface area contributed by atoms with Crippen LogP contribution in [0.5, 0.6) is 5.75 Å². The fourth-order valence-corrected chi connectivity index (χ4v) is 2.19. The Labute approximate surface area is 140 Å². The summed E-state index contributed by atoms with van der Waals surface area (Å²) in [5, 5.41) is 13.2. The van der Waals surface area contributed by atoms with Crippen molar-refractivity contribution in [3.8, 4) is 5.75 Å². The summed E-state index contributed by atoms with van der Waals surface area (Å²) < 4.78 is 5.43. The summed E-state index contributed by atoms with van der Waals surface area (Å²) in [7, 11) is 0. The standard InChI is InChI=1S/C17H19ClN2O3/c1-11-7-13(8-12(2)20-11)17(22)19-9-15(21)10-23-16-5-3-14(18)4-6-16/h3-8,15,21H,9-10H2,1-2H3,(H,19,22)/t15-/m1/s1. The molecule has 0 aliphatic heterocycles. The predicted octanol–water partition coefficient (Wildman–Crippen LogP) is 2.52. The number of hydrogen-bond acceptors (Lipinski definition) is 4. The van der Waals surface area contributed by atoms with E-state index in [2.05, 4.69) is 10.3 Å². The molecule has 2 aromatic rings. The number of hydrogen-bond donors (Lipinski definition) is 2. The largest absolute Gasteiger partial charge is 0.491 e. The van der Waals surface area contributed by atoms with Crippen molar-refractivity contribution in [1.29, 1.82) is 0 Å². The van der Waals surface area contributed by atoms with Crippen LogP contribution in [0.2, 0.25) is 5.02 Å². The first-order chi connectivity index (χ1) is 10.9. The third kappa shape index (κ3) is 5.54. The third-order valence-corrected chi connectivity index (χ3v) is 3.35. The van der Waals surface area contributed by atoms with Crippen LogP contribution in [-0.4, -0.2) is 35.3 Å². The Balaban J connectivity index is 1.80. The van der Waals surface area contributed by atoms with Crippen molar-refractivity contribution in [2.75, 3.05) is 13.2 Å². The molecular formula is C17H19ClN2O3. The molecule has 0 fully saturated rings. The molecule has 0 radical (unpaired) electrons. The van der Waals surface area contributed by atoms with Crippen molar-refractivity contribution >= 4 is 17.5 Å². The van der Waals surface area contributed by atoms with Crippen LogP contribution < -0.4 is 10.1 Å². The second-order valence-corrected chi connectivity index (χ2v) is 5.70. The van der Waals surface area contributed by atoms with E-state index >= 15 is 0 Å². The monoisotopic (exact) mass is 334 g/mol. The van der Waals surface area contributed by atoms with E-state index in [9.17, 15) is 9.90 Å². The highest BCUT2D eigenvalue weighted by Crippen LogP contribution is 2.15. The van der Waals surface area contributed by atoms with Gasteiger partial charge in [-0.2, -0.15) is 0 Å². The molecule has 122 valence electrons. The number of aryl methyl sites for hydroxylation is 2. The van der Waals surface area contributed by atoms with E-state index in [1.54, 1.807) is 36.4 Å². The number of nitrogens with zero attached hydrogens (tertiary/aromatic N) is 1. The fourth-order valence-electron chi connectivity index (χ4n) is 2.06. The predicted molar refractivity (Wildman–Crippen MR) is 89.0 cm³/mol. The molecule has 1 aromatic carbocycles. The zero-order valence-corrected chi connectivity index (χ0v) is 13.8. The van der Waals surface area contributed by atoms with Crippen molar-refractivity contribution in [3.63, 3.8) is 0 Å². The van der Waals surface area contributed by atoms with Gasteiger partial charge in [0.2, 0.25) is 0 Å². The quantitative estimate of drug-likeness (QED) is 0.851. The molecule has 0 saturated heterocycles.